The van der Waals surface area contributed by atoms with E-state index in [2.05, 4.69) is 4.74 Å². The molecule has 12 heteroatoms. The van der Waals surface area contributed by atoms with Gasteiger partial charge in [-0.25, -0.2) is 9.59 Å². The van der Waals surface area contributed by atoms with E-state index in [4.69, 9.17) is 16.2 Å². The van der Waals surface area contributed by atoms with Crippen LogP contribution in [-0.4, -0.2) is 35.8 Å². The van der Waals surface area contributed by atoms with E-state index in [9.17, 15) is 36.6 Å². The Hall–Kier alpha value is -4.61. The van der Waals surface area contributed by atoms with E-state index >= 15 is 0 Å². The number of anilines is 2. The van der Waals surface area contributed by atoms with Crippen molar-refractivity contribution < 1.29 is 46.1 Å². The van der Waals surface area contributed by atoms with Crippen LogP contribution >= 0.6 is 0 Å². The van der Waals surface area contributed by atoms with E-state index in [1.807, 2.05) is 0 Å². The first-order valence-electron chi connectivity index (χ1n) is 10.8. The maximum absolute atomic E-state index is 13.0. The number of esters is 1. The van der Waals surface area contributed by atoms with Gasteiger partial charge in [-0.2, -0.15) is 22.0 Å². The zero-order chi connectivity index (χ0) is 28.1. The molecule has 0 saturated carbocycles. The van der Waals surface area contributed by atoms with Crippen LogP contribution in [0.3, 0.4) is 0 Å². The molecule has 0 aliphatic heterocycles. The van der Waals surface area contributed by atoms with Crippen molar-refractivity contribution in [3.8, 4) is 11.5 Å². The first-order chi connectivity index (χ1) is 17.7. The van der Waals surface area contributed by atoms with Crippen molar-refractivity contribution >= 4 is 29.4 Å². The maximum Gasteiger partial charge on any atom is 0.456 e. The lowest BCUT2D eigenvalue weighted by Crippen LogP contribution is -2.41. The summed E-state index contributed by atoms with van der Waals surface area (Å²) in [5, 5.41) is 9.57. The summed E-state index contributed by atoms with van der Waals surface area (Å²) in [5.74, 6) is -7.17. The van der Waals surface area contributed by atoms with Crippen molar-refractivity contribution in [2.24, 2.45) is 0 Å². The molecule has 0 atom stereocenters. The summed E-state index contributed by atoms with van der Waals surface area (Å²) in [6.45, 7) is -1.90. The number of ether oxygens (including phenoxy) is 2. The summed E-state index contributed by atoms with van der Waals surface area (Å²) in [6, 6.07) is 15.1. The van der Waals surface area contributed by atoms with Gasteiger partial charge in [-0.3, -0.25) is 0 Å². The summed E-state index contributed by atoms with van der Waals surface area (Å²) in [5.41, 5.74) is 13.5. The Morgan fingerprint density at radius 1 is 0.842 bits per heavy atom. The third-order valence-electron chi connectivity index (χ3n) is 5.06. The average molecular weight is 536 g/mol. The lowest BCUT2D eigenvalue weighted by Gasteiger charge is -2.19. The molecule has 0 saturated heterocycles. The molecule has 0 aromatic heterocycles. The number of hydrogen-bond acceptors (Lipinski definition) is 6. The van der Waals surface area contributed by atoms with E-state index in [0.29, 0.717) is 22.5 Å². The molecular formula is C26H21F5N2O5. The monoisotopic (exact) mass is 536 g/mol. The Morgan fingerprint density at radius 3 is 1.92 bits per heavy atom. The minimum atomic E-state index is -5.75. The normalized spacial score (nSPS) is 12.2. The Bertz CT molecular complexity index is 1320. The standard InChI is InChI=1S/C26H21F5N2O5/c27-25(28,26(29,30)31)14-37-21-7-3-17(4-8-21)24(36)38-22-5-1-15(2-6-22)9-18(23(34)35)10-16-11-19(32)13-20(33)12-16/h1-9,11-13H,10,14,32-33H2,(H,34,35). The quantitative estimate of drug-likeness (QED) is 0.111. The molecule has 7 nitrogen and oxygen atoms in total. The van der Waals surface area contributed by atoms with Crippen LogP contribution in [0.15, 0.2) is 72.3 Å². The van der Waals surface area contributed by atoms with Gasteiger partial charge in [0.2, 0.25) is 0 Å². The highest BCUT2D eigenvalue weighted by Crippen LogP contribution is 2.35. The van der Waals surface area contributed by atoms with Crippen LogP contribution in [0, 0.1) is 0 Å². The van der Waals surface area contributed by atoms with Crippen LogP contribution in [0.4, 0.5) is 33.3 Å². The van der Waals surface area contributed by atoms with Gasteiger partial charge in [0, 0.05) is 23.4 Å². The number of rotatable bonds is 9. The lowest BCUT2D eigenvalue weighted by atomic mass is 10.0. The zero-order valence-corrected chi connectivity index (χ0v) is 19.5. The molecular weight excluding hydrogens is 515 g/mol. The summed E-state index contributed by atoms with van der Waals surface area (Å²) < 4.78 is 72.3. The van der Waals surface area contributed by atoms with Crippen LogP contribution < -0.4 is 20.9 Å². The largest absolute Gasteiger partial charge is 0.487 e. The molecule has 200 valence electrons. The van der Waals surface area contributed by atoms with Crippen LogP contribution in [-0.2, 0) is 11.2 Å². The molecule has 3 aromatic carbocycles. The smallest absolute Gasteiger partial charge is 0.456 e. The second kappa shape index (κ2) is 11.2. The van der Waals surface area contributed by atoms with E-state index in [-0.39, 0.29) is 29.1 Å². The van der Waals surface area contributed by atoms with Crippen LogP contribution in [0.5, 0.6) is 11.5 Å². The molecule has 0 radical (unpaired) electrons. The lowest BCUT2D eigenvalue weighted by molar-refractivity contribution is -0.290. The van der Waals surface area contributed by atoms with Gasteiger partial charge in [0.05, 0.1) is 5.56 Å². The molecule has 0 bridgehead atoms. The first kappa shape index (κ1) is 28.0. The summed E-state index contributed by atoms with van der Waals surface area (Å²) in [6.07, 6.45) is -4.24. The molecule has 38 heavy (non-hydrogen) atoms. The highest BCUT2D eigenvalue weighted by molar-refractivity contribution is 5.93. The highest BCUT2D eigenvalue weighted by Gasteiger charge is 2.58. The summed E-state index contributed by atoms with van der Waals surface area (Å²) in [7, 11) is 0. The van der Waals surface area contributed by atoms with Crippen LogP contribution in [0.25, 0.3) is 6.08 Å². The van der Waals surface area contributed by atoms with E-state index in [1.165, 1.54) is 30.3 Å². The fourth-order valence-electron chi connectivity index (χ4n) is 3.20. The number of carboxylic acid groups (broad SMARTS) is 1. The molecule has 3 aromatic rings. The number of hydrogen-bond donors (Lipinski definition) is 3. The molecule has 3 rings (SSSR count). The van der Waals surface area contributed by atoms with E-state index in [1.54, 1.807) is 18.2 Å². The Morgan fingerprint density at radius 2 is 1.39 bits per heavy atom. The molecule has 5 N–H and O–H groups in total. The number of benzene rings is 3. The van der Waals surface area contributed by atoms with Gasteiger partial charge in [0.25, 0.3) is 0 Å². The molecule has 0 unspecified atom stereocenters. The molecule has 0 fully saturated rings. The SMILES string of the molecule is Nc1cc(N)cc(CC(=Cc2ccc(OC(=O)c3ccc(OCC(F)(F)C(F)(F)F)cc3)cc2)C(=O)O)c1. The number of carboxylic acids is 1. The Balaban J connectivity index is 1.63. The number of aliphatic carboxylic acids is 1. The number of carbonyl (C=O) groups excluding carboxylic acids is 1. The van der Waals surface area contributed by atoms with Crippen molar-refractivity contribution in [2.75, 3.05) is 18.1 Å². The number of alkyl halides is 5. The van der Waals surface area contributed by atoms with Gasteiger partial charge in [-0.15, -0.1) is 0 Å². The Kier molecular flexibility index (Phi) is 8.24. The van der Waals surface area contributed by atoms with Gasteiger partial charge in [0.1, 0.15) is 11.5 Å². The predicted molar refractivity (Wildman–Crippen MR) is 129 cm³/mol. The van der Waals surface area contributed by atoms with Crippen molar-refractivity contribution in [3.05, 3.63) is 89.0 Å². The number of carbonyl (C=O) groups is 2. The van der Waals surface area contributed by atoms with Gasteiger partial charge in [-0.05, 0) is 71.8 Å². The molecule has 0 aliphatic carbocycles. The van der Waals surface area contributed by atoms with Crippen molar-refractivity contribution in [2.45, 2.75) is 18.5 Å². The third-order valence-corrected chi connectivity index (χ3v) is 5.06. The Labute approximate surface area is 213 Å². The van der Waals surface area contributed by atoms with E-state index < -0.39 is 30.6 Å². The van der Waals surface area contributed by atoms with Gasteiger partial charge in [0.15, 0.2) is 6.61 Å². The first-order valence-corrected chi connectivity index (χ1v) is 10.8. The fraction of sp³-hybridized carbons (Fsp3) is 0.154. The zero-order valence-electron chi connectivity index (χ0n) is 19.5. The molecule has 0 spiro atoms. The second-order valence-electron chi connectivity index (χ2n) is 8.13. The minimum Gasteiger partial charge on any atom is -0.487 e. The highest BCUT2D eigenvalue weighted by atomic mass is 19.4. The molecule has 0 aliphatic rings. The minimum absolute atomic E-state index is 0.0153. The van der Waals surface area contributed by atoms with Crippen molar-refractivity contribution in [3.63, 3.8) is 0 Å². The molecule has 0 heterocycles. The summed E-state index contributed by atoms with van der Waals surface area (Å²) >= 11 is 0. The van der Waals surface area contributed by atoms with E-state index in [0.717, 1.165) is 24.3 Å². The number of halogens is 5. The van der Waals surface area contributed by atoms with Gasteiger partial charge < -0.3 is 26.0 Å². The topological polar surface area (TPSA) is 125 Å². The number of nitrogens with two attached hydrogens (primary N) is 2. The maximum atomic E-state index is 13.0. The average Bonchev–Trinajstić information content (AvgIpc) is 2.82. The van der Waals surface area contributed by atoms with Gasteiger partial charge in [-0.1, -0.05) is 12.1 Å². The third kappa shape index (κ3) is 7.45. The van der Waals surface area contributed by atoms with Crippen molar-refractivity contribution in [1.82, 2.24) is 0 Å². The van der Waals surface area contributed by atoms with Crippen LogP contribution in [0.2, 0.25) is 0 Å². The predicted octanol–water partition coefficient (Wildman–Crippen LogP) is 5.36. The van der Waals surface area contributed by atoms with Crippen molar-refractivity contribution in [1.29, 1.82) is 0 Å². The number of nitrogen functional groups attached to an aromatic ring is 2. The second-order valence-corrected chi connectivity index (χ2v) is 8.13. The fourth-order valence-corrected chi connectivity index (χ4v) is 3.20. The summed E-state index contributed by atoms with van der Waals surface area (Å²) in [4.78, 5) is 24.1. The van der Waals surface area contributed by atoms with Gasteiger partial charge >= 0.3 is 24.0 Å². The molecule has 0 amide bonds. The van der Waals surface area contributed by atoms with Crippen LogP contribution in [0.1, 0.15) is 21.5 Å².